The maximum absolute atomic E-state index is 12.4. The highest BCUT2D eigenvalue weighted by Gasteiger charge is 2.32. The maximum atomic E-state index is 12.4. The Morgan fingerprint density at radius 2 is 2.17 bits per heavy atom. The lowest BCUT2D eigenvalue weighted by Crippen LogP contribution is -2.40. The first kappa shape index (κ1) is 17.0. The molecule has 1 amide bonds. The normalized spacial score (nSPS) is 15.5. The highest BCUT2D eigenvalue weighted by Crippen LogP contribution is 2.29. The van der Waals surface area contributed by atoms with Crippen molar-refractivity contribution in [3.05, 3.63) is 28.9 Å². The molecule has 2 aromatic rings. The minimum absolute atomic E-state index is 0.234. The number of likely N-dealkylation sites (N-methyl/N-ethyl adjacent to an activating group) is 1. The molecular weight excluding hydrogens is 345 g/mol. The third-order valence-corrected chi connectivity index (χ3v) is 4.27. The fourth-order valence-corrected chi connectivity index (χ4v) is 2.85. The van der Waals surface area contributed by atoms with Crippen LogP contribution in [0.2, 0.25) is 5.02 Å². The summed E-state index contributed by atoms with van der Waals surface area (Å²) in [6, 6.07) is 5.25. The van der Waals surface area contributed by atoms with E-state index in [1.807, 2.05) is 6.07 Å². The zero-order valence-corrected chi connectivity index (χ0v) is 13.7. The van der Waals surface area contributed by atoms with Crippen molar-refractivity contribution in [2.45, 2.75) is 18.6 Å². The van der Waals surface area contributed by atoms with Gasteiger partial charge in [-0.25, -0.2) is 0 Å². The lowest BCUT2D eigenvalue weighted by Gasteiger charge is -2.25. The van der Waals surface area contributed by atoms with Crippen molar-refractivity contribution in [3.8, 4) is 0 Å². The fraction of sp³-hybridized carbons (Fsp3) is 0.467. The Morgan fingerprint density at radius 1 is 1.46 bits per heavy atom. The summed E-state index contributed by atoms with van der Waals surface area (Å²) in [7, 11) is 1.13. The van der Waals surface area contributed by atoms with Gasteiger partial charge in [-0.1, -0.05) is 11.6 Å². The van der Waals surface area contributed by atoms with E-state index in [4.69, 9.17) is 11.6 Å². The van der Waals surface area contributed by atoms with Crippen LogP contribution in [-0.2, 0) is 11.3 Å². The van der Waals surface area contributed by atoms with Gasteiger partial charge < -0.3 is 10.2 Å². The zero-order valence-electron chi connectivity index (χ0n) is 12.9. The molecule has 3 rings (SSSR count). The molecule has 1 aromatic carbocycles. The van der Waals surface area contributed by atoms with Crippen LogP contribution < -0.4 is 5.32 Å². The van der Waals surface area contributed by atoms with Crippen LogP contribution in [0.1, 0.15) is 11.6 Å². The van der Waals surface area contributed by atoms with E-state index < -0.39 is 18.6 Å². The van der Waals surface area contributed by atoms with Crippen molar-refractivity contribution in [1.29, 1.82) is 0 Å². The Hall–Kier alpha value is -1.80. The highest BCUT2D eigenvalue weighted by atomic mass is 35.5. The van der Waals surface area contributed by atoms with Crippen LogP contribution in [0.15, 0.2) is 18.2 Å². The average Bonchev–Trinajstić information content (AvgIpc) is 2.73. The molecule has 0 saturated carbocycles. The van der Waals surface area contributed by atoms with Gasteiger partial charge in [0.25, 0.3) is 0 Å². The largest absolute Gasteiger partial charge is 0.406 e. The van der Waals surface area contributed by atoms with Crippen molar-refractivity contribution in [2.24, 2.45) is 0 Å². The molecule has 1 aliphatic heterocycles. The summed E-state index contributed by atoms with van der Waals surface area (Å²) in [5.41, 5.74) is 1.49. The van der Waals surface area contributed by atoms with Gasteiger partial charge in [-0.05, 0) is 18.2 Å². The first-order valence-electron chi connectivity index (χ1n) is 7.42. The molecule has 0 unspecified atom stereocenters. The van der Waals surface area contributed by atoms with E-state index in [0.717, 1.165) is 31.2 Å². The van der Waals surface area contributed by atoms with E-state index in [-0.39, 0.29) is 12.5 Å². The average molecular weight is 361 g/mol. The van der Waals surface area contributed by atoms with Crippen LogP contribution in [0, 0.1) is 0 Å². The third kappa shape index (κ3) is 3.49. The number of amides is 1. The Balaban J connectivity index is 1.88. The summed E-state index contributed by atoms with van der Waals surface area (Å²) >= 11 is 6.02. The number of halogens is 4. The van der Waals surface area contributed by atoms with E-state index in [9.17, 15) is 18.0 Å². The second-order valence-corrected chi connectivity index (χ2v) is 6.36. The first-order valence-corrected chi connectivity index (χ1v) is 7.80. The minimum Gasteiger partial charge on any atom is -0.335 e. The van der Waals surface area contributed by atoms with Gasteiger partial charge in [0, 0.05) is 36.5 Å². The molecule has 0 aliphatic carbocycles. The summed E-state index contributed by atoms with van der Waals surface area (Å²) in [5.74, 6) is -0.423. The number of nitrogens with zero attached hydrogens (tertiary/aromatic N) is 3. The quantitative estimate of drug-likeness (QED) is 0.911. The first-order chi connectivity index (χ1) is 11.2. The van der Waals surface area contributed by atoms with Crippen LogP contribution in [-0.4, -0.2) is 53.4 Å². The smallest absolute Gasteiger partial charge is 0.335 e. The van der Waals surface area contributed by atoms with Crippen molar-refractivity contribution >= 4 is 28.4 Å². The van der Waals surface area contributed by atoms with Gasteiger partial charge in [0.15, 0.2) is 0 Å². The fourth-order valence-electron chi connectivity index (χ4n) is 2.68. The standard InChI is InChI=1S/C15H16ClF3N4O/c1-22(8-15(17,18)19)13(24)7-23-12-4-10(16)2-3-11(12)14(21-23)9-5-20-6-9/h2-4,9,20H,5-8H2,1H3. The van der Waals surface area contributed by atoms with Crippen LogP contribution in [0.3, 0.4) is 0 Å². The number of carbonyl (C=O) groups excluding carboxylic acids is 1. The van der Waals surface area contributed by atoms with Crippen molar-refractivity contribution in [1.82, 2.24) is 20.0 Å². The molecule has 1 N–H and O–H groups in total. The Labute approximate surface area is 141 Å². The van der Waals surface area contributed by atoms with E-state index in [1.54, 1.807) is 12.1 Å². The Bertz CT molecular complexity index is 770. The summed E-state index contributed by atoms with van der Waals surface area (Å²) in [4.78, 5) is 12.8. The van der Waals surface area contributed by atoms with Crippen LogP contribution >= 0.6 is 11.6 Å². The second kappa shape index (κ2) is 6.25. The molecule has 1 aromatic heterocycles. The van der Waals surface area contributed by atoms with Gasteiger partial charge in [0.05, 0.1) is 11.2 Å². The number of hydrogen-bond donors (Lipinski definition) is 1. The second-order valence-electron chi connectivity index (χ2n) is 5.92. The Kier molecular flexibility index (Phi) is 4.44. The number of hydrogen-bond acceptors (Lipinski definition) is 3. The van der Waals surface area contributed by atoms with Crippen LogP contribution in [0.5, 0.6) is 0 Å². The predicted molar refractivity (Wildman–Crippen MR) is 84.0 cm³/mol. The molecule has 9 heteroatoms. The van der Waals surface area contributed by atoms with E-state index in [2.05, 4.69) is 10.4 Å². The van der Waals surface area contributed by atoms with Gasteiger partial charge >= 0.3 is 6.18 Å². The Morgan fingerprint density at radius 3 is 2.75 bits per heavy atom. The molecule has 1 saturated heterocycles. The van der Waals surface area contributed by atoms with E-state index in [1.165, 1.54) is 4.68 Å². The summed E-state index contributed by atoms with van der Waals surface area (Å²) < 4.78 is 38.7. The molecular formula is C15H16ClF3N4O. The molecule has 1 fully saturated rings. The number of fused-ring (bicyclic) bond motifs is 1. The van der Waals surface area contributed by atoms with Crippen molar-refractivity contribution in [3.63, 3.8) is 0 Å². The number of aromatic nitrogens is 2. The number of carbonyl (C=O) groups is 1. The molecule has 130 valence electrons. The highest BCUT2D eigenvalue weighted by molar-refractivity contribution is 6.31. The zero-order chi connectivity index (χ0) is 17.5. The lowest BCUT2D eigenvalue weighted by atomic mass is 9.97. The molecule has 2 heterocycles. The summed E-state index contributed by atoms with van der Waals surface area (Å²) in [6.07, 6.45) is -4.43. The van der Waals surface area contributed by atoms with Gasteiger partial charge in [-0.3, -0.25) is 9.48 Å². The van der Waals surface area contributed by atoms with E-state index >= 15 is 0 Å². The van der Waals surface area contributed by atoms with Gasteiger partial charge in [0.1, 0.15) is 13.1 Å². The molecule has 0 atom stereocenters. The van der Waals surface area contributed by atoms with Gasteiger partial charge in [-0.15, -0.1) is 0 Å². The topological polar surface area (TPSA) is 50.2 Å². The number of benzene rings is 1. The molecule has 5 nitrogen and oxygen atoms in total. The number of nitrogens with one attached hydrogen (secondary N) is 1. The monoisotopic (exact) mass is 360 g/mol. The van der Waals surface area contributed by atoms with Crippen LogP contribution in [0.4, 0.5) is 13.2 Å². The van der Waals surface area contributed by atoms with Crippen molar-refractivity contribution < 1.29 is 18.0 Å². The molecule has 1 aliphatic rings. The third-order valence-electron chi connectivity index (χ3n) is 4.04. The van der Waals surface area contributed by atoms with E-state index in [0.29, 0.717) is 15.4 Å². The maximum Gasteiger partial charge on any atom is 0.406 e. The molecule has 0 radical (unpaired) electrons. The molecule has 24 heavy (non-hydrogen) atoms. The molecule has 0 spiro atoms. The predicted octanol–water partition coefficient (Wildman–Crippen LogP) is 2.40. The van der Waals surface area contributed by atoms with Crippen molar-refractivity contribution in [2.75, 3.05) is 26.7 Å². The summed E-state index contributed by atoms with van der Waals surface area (Å²) in [5, 5.41) is 8.97. The van der Waals surface area contributed by atoms with Gasteiger partial charge in [-0.2, -0.15) is 18.3 Å². The number of alkyl halides is 3. The SMILES string of the molecule is CN(CC(F)(F)F)C(=O)Cn1nc(C2CNC2)c2ccc(Cl)cc21. The number of rotatable bonds is 4. The lowest BCUT2D eigenvalue weighted by molar-refractivity contribution is -0.158. The van der Waals surface area contributed by atoms with Crippen LogP contribution in [0.25, 0.3) is 10.9 Å². The molecule has 0 bridgehead atoms. The minimum atomic E-state index is -4.43. The summed E-state index contributed by atoms with van der Waals surface area (Å²) in [6.45, 7) is 0.0299. The van der Waals surface area contributed by atoms with Gasteiger partial charge in [0.2, 0.25) is 5.91 Å².